The molecule has 0 saturated carbocycles. The Hall–Kier alpha value is -5.02. The summed E-state index contributed by atoms with van der Waals surface area (Å²) in [6.45, 7) is 2.34. The number of aromatic nitrogens is 1. The molecule has 0 aliphatic carbocycles. The van der Waals surface area contributed by atoms with Gasteiger partial charge in [0.2, 0.25) is 0 Å². The maximum atomic E-state index is 14.0. The standard InChI is InChI=1S/C34H25FN2O5S/c1-19-15-23-16-22(9-14-27(23)42-19)31(38)29-30(21-7-11-25(12-8-21)41-18-20-5-3-2-4-6-20)37(33(40)32(29)39)34-36-26-13-10-24(35)17-28(26)43-34/h2-14,16-17,19,30,38H,15,18H2,1H3/t19-,30+/m0/s1. The van der Waals surface area contributed by atoms with Crippen molar-refractivity contribution in [2.45, 2.75) is 32.1 Å². The van der Waals surface area contributed by atoms with Crippen LogP contribution in [0.2, 0.25) is 0 Å². The van der Waals surface area contributed by atoms with Crippen LogP contribution < -0.4 is 14.4 Å². The lowest BCUT2D eigenvalue weighted by molar-refractivity contribution is -0.132. The molecule has 1 aromatic heterocycles. The van der Waals surface area contributed by atoms with Gasteiger partial charge in [-0.2, -0.15) is 0 Å². The van der Waals surface area contributed by atoms with Crippen molar-refractivity contribution in [3.05, 3.63) is 125 Å². The Bertz CT molecular complexity index is 1920. The van der Waals surface area contributed by atoms with Crippen molar-refractivity contribution in [3.63, 3.8) is 0 Å². The number of amides is 1. The summed E-state index contributed by atoms with van der Waals surface area (Å²) in [4.78, 5) is 33.1. The Kier molecular flexibility index (Phi) is 6.66. The number of ketones is 1. The van der Waals surface area contributed by atoms with Gasteiger partial charge in [-0.1, -0.05) is 53.8 Å². The highest BCUT2D eigenvalue weighted by atomic mass is 32.1. The summed E-state index contributed by atoms with van der Waals surface area (Å²) in [5.41, 5.74) is 3.36. The van der Waals surface area contributed by atoms with E-state index < -0.39 is 23.5 Å². The van der Waals surface area contributed by atoms with E-state index in [1.165, 1.54) is 23.1 Å². The minimum absolute atomic E-state index is 0.00414. The molecule has 0 unspecified atom stereocenters. The van der Waals surface area contributed by atoms with Gasteiger partial charge < -0.3 is 14.6 Å². The van der Waals surface area contributed by atoms with E-state index >= 15 is 0 Å². The lowest BCUT2D eigenvalue weighted by Crippen LogP contribution is -2.29. The van der Waals surface area contributed by atoms with E-state index in [4.69, 9.17) is 9.47 Å². The summed E-state index contributed by atoms with van der Waals surface area (Å²) in [5.74, 6) is -1.04. The Balaban J connectivity index is 1.31. The van der Waals surface area contributed by atoms with E-state index in [0.29, 0.717) is 40.1 Å². The number of halogens is 1. The number of carbonyl (C=O) groups excluding carboxylic acids is 2. The number of aliphatic hydroxyl groups is 1. The first-order valence-corrected chi connectivity index (χ1v) is 14.6. The minimum Gasteiger partial charge on any atom is -0.507 e. The number of benzene rings is 4. The van der Waals surface area contributed by atoms with E-state index in [1.54, 1.807) is 42.5 Å². The number of hydrogen-bond donors (Lipinski definition) is 1. The van der Waals surface area contributed by atoms with E-state index in [2.05, 4.69) is 4.98 Å². The van der Waals surface area contributed by atoms with Gasteiger partial charge in [-0.25, -0.2) is 9.37 Å². The molecule has 1 amide bonds. The second-order valence-corrected chi connectivity index (χ2v) is 11.6. The molecule has 214 valence electrons. The van der Waals surface area contributed by atoms with Gasteiger partial charge in [0.25, 0.3) is 5.78 Å². The second kappa shape index (κ2) is 10.7. The molecule has 4 aromatic carbocycles. The lowest BCUT2D eigenvalue weighted by Gasteiger charge is -2.23. The van der Waals surface area contributed by atoms with Gasteiger partial charge >= 0.3 is 5.91 Å². The van der Waals surface area contributed by atoms with Crippen LogP contribution in [0.5, 0.6) is 11.5 Å². The molecule has 1 fully saturated rings. The fourth-order valence-corrected chi connectivity index (χ4v) is 6.56. The molecule has 1 saturated heterocycles. The van der Waals surface area contributed by atoms with Crippen molar-refractivity contribution >= 4 is 44.1 Å². The number of rotatable bonds is 6. The Morgan fingerprint density at radius 1 is 1.05 bits per heavy atom. The second-order valence-electron chi connectivity index (χ2n) is 10.6. The number of fused-ring (bicyclic) bond motifs is 2. The van der Waals surface area contributed by atoms with Crippen LogP contribution in [-0.2, 0) is 22.6 Å². The van der Waals surface area contributed by atoms with E-state index in [0.717, 1.165) is 28.2 Å². The first-order valence-electron chi connectivity index (χ1n) is 13.8. The molecule has 2 atom stereocenters. The highest BCUT2D eigenvalue weighted by molar-refractivity contribution is 7.22. The SMILES string of the molecule is C[C@H]1Cc2cc(C(O)=C3C(=O)C(=O)N(c4nc5ccc(F)cc5s4)[C@@H]3c3ccc(OCc4ccccc4)cc3)ccc2O1. The summed E-state index contributed by atoms with van der Waals surface area (Å²) < 4.78 is 26.2. The average molecular weight is 593 g/mol. The summed E-state index contributed by atoms with van der Waals surface area (Å²) in [7, 11) is 0. The minimum atomic E-state index is -0.975. The highest BCUT2D eigenvalue weighted by Crippen LogP contribution is 2.45. The number of ether oxygens (including phenoxy) is 2. The molecule has 0 spiro atoms. The van der Waals surface area contributed by atoms with Crippen LogP contribution in [0, 0.1) is 5.82 Å². The van der Waals surface area contributed by atoms with Crippen LogP contribution >= 0.6 is 11.3 Å². The van der Waals surface area contributed by atoms with Gasteiger partial charge in [-0.3, -0.25) is 14.5 Å². The summed E-state index contributed by atoms with van der Waals surface area (Å²) in [5, 5.41) is 11.8. The molecular weight excluding hydrogens is 567 g/mol. The molecule has 0 bridgehead atoms. The van der Waals surface area contributed by atoms with Gasteiger partial charge in [-0.15, -0.1) is 0 Å². The highest BCUT2D eigenvalue weighted by Gasteiger charge is 2.48. The van der Waals surface area contributed by atoms with E-state index in [9.17, 15) is 19.1 Å². The number of hydrogen-bond acceptors (Lipinski definition) is 7. The van der Waals surface area contributed by atoms with Crippen molar-refractivity contribution in [2.75, 3.05) is 4.90 Å². The van der Waals surface area contributed by atoms with E-state index in [-0.39, 0.29) is 22.6 Å². The van der Waals surface area contributed by atoms with Gasteiger partial charge in [-0.05, 0) is 72.1 Å². The quantitative estimate of drug-likeness (QED) is 0.130. The van der Waals surface area contributed by atoms with Crippen LogP contribution in [0.25, 0.3) is 16.0 Å². The first-order chi connectivity index (χ1) is 20.9. The third-order valence-electron chi connectivity index (χ3n) is 7.60. The zero-order chi connectivity index (χ0) is 29.7. The number of Topliss-reactive ketones (excluding diaryl/α,β-unsaturated/α-hetero) is 1. The molecule has 3 heterocycles. The molecular formula is C34H25FN2O5S. The average Bonchev–Trinajstić information content (AvgIpc) is 3.68. The zero-order valence-electron chi connectivity index (χ0n) is 23.0. The number of nitrogens with zero attached hydrogens (tertiary/aromatic N) is 2. The third-order valence-corrected chi connectivity index (χ3v) is 8.62. The molecule has 7 nitrogen and oxygen atoms in total. The monoisotopic (exact) mass is 592 g/mol. The topological polar surface area (TPSA) is 89.0 Å². The van der Waals surface area contributed by atoms with Gasteiger partial charge in [0, 0.05) is 12.0 Å². The van der Waals surface area contributed by atoms with Crippen molar-refractivity contribution in [1.29, 1.82) is 0 Å². The number of thiazole rings is 1. The van der Waals surface area contributed by atoms with Gasteiger partial charge in [0.15, 0.2) is 5.13 Å². The van der Waals surface area contributed by atoms with Crippen molar-refractivity contribution < 1.29 is 28.6 Å². The van der Waals surface area contributed by atoms with Crippen LogP contribution in [0.1, 0.15) is 35.2 Å². The van der Waals surface area contributed by atoms with Gasteiger partial charge in [0.1, 0.15) is 35.8 Å². The molecule has 2 aliphatic rings. The fourth-order valence-electron chi connectivity index (χ4n) is 5.55. The summed E-state index contributed by atoms with van der Waals surface area (Å²) in [6.07, 6.45) is 0.672. The van der Waals surface area contributed by atoms with E-state index in [1.807, 2.05) is 37.3 Å². The molecule has 2 aliphatic heterocycles. The predicted octanol–water partition coefficient (Wildman–Crippen LogP) is 6.96. The molecule has 5 aromatic rings. The van der Waals surface area contributed by atoms with Crippen LogP contribution in [0.3, 0.4) is 0 Å². The Labute approximate surface area is 250 Å². The zero-order valence-corrected chi connectivity index (χ0v) is 23.8. The third kappa shape index (κ3) is 4.91. The van der Waals surface area contributed by atoms with Crippen LogP contribution in [-0.4, -0.2) is 27.9 Å². The van der Waals surface area contributed by atoms with Gasteiger partial charge in [0.05, 0.1) is 21.8 Å². The molecule has 9 heteroatoms. The van der Waals surface area contributed by atoms with Crippen molar-refractivity contribution in [1.82, 2.24) is 4.98 Å². The Morgan fingerprint density at radius 2 is 1.84 bits per heavy atom. The summed E-state index contributed by atoms with van der Waals surface area (Å²) in [6, 6.07) is 25.2. The molecule has 0 radical (unpaired) electrons. The Morgan fingerprint density at radius 3 is 2.63 bits per heavy atom. The lowest BCUT2D eigenvalue weighted by atomic mass is 9.94. The van der Waals surface area contributed by atoms with Crippen molar-refractivity contribution in [3.8, 4) is 11.5 Å². The predicted molar refractivity (Wildman–Crippen MR) is 162 cm³/mol. The summed E-state index contributed by atoms with van der Waals surface area (Å²) >= 11 is 1.10. The largest absolute Gasteiger partial charge is 0.507 e. The van der Waals surface area contributed by atoms with Crippen LogP contribution in [0.15, 0.2) is 96.6 Å². The number of carbonyl (C=O) groups is 2. The van der Waals surface area contributed by atoms with Crippen molar-refractivity contribution in [2.24, 2.45) is 0 Å². The maximum absolute atomic E-state index is 14.0. The molecule has 1 N–H and O–H groups in total. The fraction of sp³-hybridized carbons (Fsp3) is 0.147. The number of aliphatic hydroxyl groups excluding tert-OH is 1. The maximum Gasteiger partial charge on any atom is 0.301 e. The normalized spacial score (nSPS) is 19.1. The first kappa shape index (κ1) is 26.9. The molecule has 43 heavy (non-hydrogen) atoms. The molecule has 7 rings (SSSR count). The smallest absolute Gasteiger partial charge is 0.301 e. The number of anilines is 1. The van der Waals surface area contributed by atoms with Crippen LogP contribution in [0.4, 0.5) is 9.52 Å².